The van der Waals surface area contributed by atoms with E-state index in [1.807, 2.05) is 13.0 Å². The number of carbonyl (C=O) groups is 1. The summed E-state index contributed by atoms with van der Waals surface area (Å²) in [7, 11) is 1.59. The maximum absolute atomic E-state index is 10.9. The molecule has 1 rings (SSSR count). The predicted molar refractivity (Wildman–Crippen MR) is 69.5 cm³/mol. The Morgan fingerprint density at radius 1 is 1.47 bits per heavy atom. The Morgan fingerprint density at radius 3 is 2.65 bits per heavy atom. The fourth-order valence-corrected chi connectivity index (χ4v) is 2.36. The zero-order valence-corrected chi connectivity index (χ0v) is 11.0. The van der Waals surface area contributed by atoms with Gasteiger partial charge in [-0.1, -0.05) is 13.8 Å². The molecule has 0 saturated heterocycles. The van der Waals surface area contributed by atoms with Crippen molar-refractivity contribution in [3.05, 3.63) is 18.2 Å². The van der Waals surface area contributed by atoms with Crippen molar-refractivity contribution >= 4 is 23.4 Å². The summed E-state index contributed by atoms with van der Waals surface area (Å²) >= 11 is 1.45. The summed E-state index contributed by atoms with van der Waals surface area (Å²) in [6, 6.07) is 5.37. The molecule has 0 saturated carbocycles. The van der Waals surface area contributed by atoms with E-state index in [2.05, 4.69) is 0 Å². The van der Waals surface area contributed by atoms with Gasteiger partial charge in [-0.25, -0.2) is 0 Å². The van der Waals surface area contributed by atoms with Crippen LogP contribution in [0.4, 0.5) is 5.69 Å². The monoisotopic (exact) mass is 255 g/mol. The second-order valence-electron chi connectivity index (χ2n) is 3.85. The maximum Gasteiger partial charge on any atom is 0.307 e. The highest BCUT2D eigenvalue weighted by Crippen LogP contribution is 2.34. The number of thioether (sulfide) groups is 1. The molecule has 0 spiro atoms. The topological polar surface area (TPSA) is 72.5 Å². The zero-order valence-electron chi connectivity index (χ0n) is 10.1. The molecule has 2 unspecified atom stereocenters. The quantitative estimate of drug-likeness (QED) is 0.624. The summed E-state index contributed by atoms with van der Waals surface area (Å²) in [5, 5.41) is 8.88. The van der Waals surface area contributed by atoms with Crippen molar-refractivity contribution < 1.29 is 14.6 Å². The van der Waals surface area contributed by atoms with Crippen molar-refractivity contribution in [3.63, 3.8) is 0 Å². The number of aliphatic carboxylic acids is 1. The van der Waals surface area contributed by atoms with E-state index in [1.54, 1.807) is 26.2 Å². The largest absolute Gasteiger partial charge is 0.497 e. The van der Waals surface area contributed by atoms with E-state index in [9.17, 15) is 4.79 Å². The lowest BCUT2D eigenvalue weighted by atomic mass is 10.1. The minimum atomic E-state index is -0.800. The minimum absolute atomic E-state index is 0.0538. The second-order valence-corrected chi connectivity index (χ2v) is 5.27. The molecule has 0 aromatic heterocycles. The third-order valence-electron chi connectivity index (χ3n) is 2.63. The van der Waals surface area contributed by atoms with E-state index in [0.29, 0.717) is 5.69 Å². The van der Waals surface area contributed by atoms with Gasteiger partial charge in [0.15, 0.2) is 0 Å². The highest BCUT2D eigenvalue weighted by atomic mass is 32.2. The van der Waals surface area contributed by atoms with Gasteiger partial charge in [-0.3, -0.25) is 4.79 Å². The van der Waals surface area contributed by atoms with E-state index >= 15 is 0 Å². The van der Waals surface area contributed by atoms with E-state index in [4.69, 9.17) is 15.6 Å². The molecule has 0 aliphatic carbocycles. The summed E-state index contributed by atoms with van der Waals surface area (Å²) in [6.07, 6.45) is 0. The average molecular weight is 255 g/mol. The van der Waals surface area contributed by atoms with E-state index in [1.165, 1.54) is 11.8 Å². The van der Waals surface area contributed by atoms with Gasteiger partial charge in [0.05, 0.1) is 13.0 Å². The summed E-state index contributed by atoms with van der Waals surface area (Å²) in [6.45, 7) is 3.57. The highest BCUT2D eigenvalue weighted by Gasteiger charge is 2.21. The van der Waals surface area contributed by atoms with Gasteiger partial charge in [-0.05, 0) is 18.2 Å². The first kappa shape index (κ1) is 13.7. The molecule has 2 atom stereocenters. The molecule has 0 radical (unpaired) electrons. The number of rotatable bonds is 5. The van der Waals surface area contributed by atoms with Gasteiger partial charge < -0.3 is 15.6 Å². The molecule has 4 nitrogen and oxygen atoms in total. The van der Waals surface area contributed by atoms with Crippen LogP contribution >= 0.6 is 11.8 Å². The van der Waals surface area contributed by atoms with Crippen LogP contribution in [-0.2, 0) is 4.79 Å². The van der Waals surface area contributed by atoms with E-state index in [-0.39, 0.29) is 5.25 Å². The van der Waals surface area contributed by atoms with Crippen molar-refractivity contribution in [2.24, 2.45) is 5.92 Å². The SMILES string of the molecule is COc1ccc(N)c(SC(C)C(C)C(=O)O)c1. The molecule has 0 aliphatic rings. The number of carboxylic acid groups (broad SMARTS) is 1. The second kappa shape index (κ2) is 5.82. The Labute approximate surface area is 105 Å². The Bertz CT molecular complexity index is 409. The van der Waals surface area contributed by atoms with Crippen molar-refractivity contribution in [1.29, 1.82) is 0 Å². The summed E-state index contributed by atoms with van der Waals surface area (Å²) in [4.78, 5) is 11.7. The van der Waals surface area contributed by atoms with E-state index < -0.39 is 11.9 Å². The Hall–Kier alpha value is -1.36. The van der Waals surface area contributed by atoms with Crippen molar-refractivity contribution in [1.82, 2.24) is 0 Å². The lowest BCUT2D eigenvalue weighted by molar-refractivity contribution is -0.140. The minimum Gasteiger partial charge on any atom is -0.497 e. The number of carboxylic acids is 1. The van der Waals surface area contributed by atoms with Crippen molar-refractivity contribution in [2.45, 2.75) is 24.0 Å². The van der Waals surface area contributed by atoms with Crippen LogP contribution < -0.4 is 10.5 Å². The highest BCUT2D eigenvalue weighted by molar-refractivity contribution is 8.00. The molecular weight excluding hydrogens is 238 g/mol. The number of nitrogens with two attached hydrogens (primary N) is 1. The van der Waals surface area contributed by atoms with Crippen LogP contribution in [0.2, 0.25) is 0 Å². The number of anilines is 1. The Kier molecular flexibility index (Phi) is 4.69. The molecular formula is C12H17NO3S. The molecule has 5 heteroatoms. The number of hydrogen-bond donors (Lipinski definition) is 2. The fraction of sp³-hybridized carbons (Fsp3) is 0.417. The average Bonchev–Trinajstić information content (AvgIpc) is 2.30. The van der Waals surface area contributed by atoms with Crippen LogP contribution in [0.15, 0.2) is 23.1 Å². The predicted octanol–water partition coefficient (Wildman–Crippen LogP) is 2.48. The smallest absolute Gasteiger partial charge is 0.307 e. The van der Waals surface area contributed by atoms with Gasteiger partial charge in [0.2, 0.25) is 0 Å². The summed E-state index contributed by atoms with van der Waals surface area (Å²) in [5.74, 6) is -0.506. The third-order valence-corrected chi connectivity index (χ3v) is 4.01. The Balaban J connectivity index is 2.83. The molecule has 1 aromatic rings. The number of ether oxygens (including phenoxy) is 1. The van der Waals surface area contributed by atoms with Crippen LogP contribution in [0.5, 0.6) is 5.75 Å². The van der Waals surface area contributed by atoms with Crippen LogP contribution in [0.1, 0.15) is 13.8 Å². The van der Waals surface area contributed by atoms with Gasteiger partial charge in [-0.2, -0.15) is 0 Å². The third kappa shape index (κ3) is 3.56. The van der Waals surface area contributed by atoms with Crippen LogP contribution in [0, 0.1) is 5.92 Å². The summed E-state index contributed by atoms with van der Waals surface area (Å²) < 4.78 is 5.11. The van der Waals surface area contributed by atoms with Gasteiger partial charge >= 0.3 is 5.97 Å². The number of benzene rings is 1. The Morgan fingerprint density at radius 2 is 2.12 bits per heavy atom. The molecule has 0 amide bonds. The first-order valence-electron chi connectivity index (χ1n) is 5.28. The van der Waals surface area contributed by atoms with Crippen molar-refractivity contribution in [3.8, 4) is 5.75 Å². The van der Waals surface area contributed by atoms with Gasteiger partial charge in [0, 0.05) is 15.8 Å². The van der Waals surface area contributed by atoms with Crippen LogP contribution in [-0.4, -0.2) is 23.4 Å². The fourth-order valence-electron chi connectivity index (χ4n) is 1.25. The number of hydrogen-bond acceptors (Lipinski definition) is 4. The van der Waals surface area contributed by atoms with Gasteiger partial charge in [0.25, 0.3) is 0 Å². The molecule has 3 N–H and O–H groups in total. The summed E-state index contributed by atoms with van der Waals surface area (Å²) in [5.41, 5.74) is 6.48. The lowest BCUT2D eigenvalue weighted by Crippen LogP contribution is -2.20. The zero-order chi connectivity index (χ0) is 13.0. The maximum atomic E-state index is 10.9. The van der Waals surface area contributed by atoms with Crippen LogP contribution in [0.3, 0.4) is 0 Å². The van der Waals surface area contributed by atoms with Crippen LogP contribution in [0.25, 0.3) is 0 Å². The number of nitrogen functional groups attached to an aromatic ring is 1. The first-order valence-corrected chi connectivity index (χ1v) is 6.16. The molecule has 94 valence electrons. The molecule has 1 aromatic carbocycles. The lowest BCUT2D eigenvalue weighted by Gasteiger charge is -2.17. The van der Waals surface area contributed by atoms with Gasteiger partial charge in [-0.15, -0.1) is 11.8 Å². The van der Waals surface area contributed by atoms with E-state index in [0.717, 1.165) is 10.6 Å². The molecule has 0 fully saturated rings. The van der Waals surface area contributed by atoms with Crippen molar-refractivity contribution in [2.75, 3.05) is 12.8 Å². The number of methoxy groups -OCH3 is 1. The molecule has 17 heavy (non-hydrogen) atoms. The van der Waals surface area contributed by atoms with Gasteiger partial charge in [0.1, 0.15) is 5.75 Å². The molecule has 0 heterocycles. The standard InChI is InChI=1S/C12H17NO3S/c1-7(12(14)15)8(2)17-11-6-9(16-3)4-5-10(11)13/h4-8H,13H2,1-3H3,(H,14,15). The first-order chi connectivity index (χ1) is 7.95. The molecule has 0 bridgehead atoms. The molecule has 0 aliphatic heterocycles. The normalized spacial score (nSPS) is 14.1.